The SMILES string of the molecule is CCC(O)(CCc1ccc(Oc2nc3ccccc3s2)c(OC)c1)C(F)(F)F. The van der Waals surface area contributed by atoms with Gasteiger partial charge in [0.15, 0.2) is 17.1 Å². The molecule has 2 aromatic carbocycles. The van der Waals surface area contributed by atoms with E-state index in [1.807, 2.05) is 24.3 Å². The molecule has 3 rings (SSSR count). The molecule has 3 aromatic rings. The number of hydrogen-bond acceptors (Lipinski definition) is 5. The number of hydrogen-bond donors (Lipinski definition) is 1. The first kappa shape index (κ1) is 20.4. The van der Waals surface area contributed by atoms with Crippen LogP contribution in [0.15, 0.2) is 42.5 Å². The molecule has 1 unspecified atom stereocenters. The number of para-hydroxylation sites is 1. The van der Waals surface area contributed by atoms with Crippen molar-refractivity contribution in [1.82, 2.24) is 4.98 Å². The van der Waals surface area contributed by atoms with Crippen molar-refractivity contribution in [3.63, 3.8) is 0 Å². The van der Waals surface area contributed by atoms with Crippen LogP contribution in [0.4, 0.5) is 13.2 Å². The molecule has 0 saturated carbocycles. The molecule has 0 radical (unpaired) electrons. The van der Waals surface area contributed by atoms with Gasteiger partial charge < -0.3 is 14.6 Å². The van der Waals surface area contributed by atoms with Crippen LogP contribution in [0, 0.1) is 0 Å². The molecule has 1 N–H and O–H groups in total. The fourth-order valence-electron chi connectivity index (χ4n) is 2.81. The Morgan fingerprint density at radius 3 is 2.50 bits per heavy atom. The molecule has 0 aliphatic rings. The number of aliphatic hydroxyl groups is 1. The van der Waals surface area contributed by atoms with Gasteiger partial charge >= 0.3 is 6.18 Å². The van der Waals surface area contributed by atoms with Gasteiger partial charge in [0.05, 0.1) is 17.3 Å². The van der Waals surface area contributed by atoms with Gasteiger partial charge in [-0.25, -0.2) is 4.98 Å². The van der Waals surface area contributed by atoms with Crippen molar-refractivity contribution >= 4 is 21.6 Å². The van der Waals surface area contributed by atoms with Gasteiger partial charge in [0.2, 0.25) is 0 Å². The van der Waals surface area contributed by atoms with Crippen molar-refractivity contribution in [3.8, 4) is 16.7 Å². The Labute approximate surface area is 164 Å². The third-order valence-corrected chi connectivity index (χ3v) is 5.55. The maximum Gasteiger partial charge on any atom is 0.417 e. The normalized spacial score (nSPS) is 14.1. The topological polar surface area (TPSA) is 51.6 Å². The van der Waals surface area contributed by atoms with Crippen LogP contribution in [-0.2, 0) is 6.42 Å². The number of nitrogens with zero attached hydrogens (tertiary/aromatic N) is 1. The van der Waals surface area contributed by atoms with E-state index in [1.165, 1.54) is 25.4 Å². The highest BCUT2D eigenvalue weighted by Gasteiger charge is 2.51. The lowest BCUT2D eigenvalue weighted by Crippen LogP contribution is -2.44. The standard InChI is InChI=1S/C20H20F3NO3S/c1-3-19(25,20(21,22)23)11-10-13-8-9-15(16(12-13)26-2)27-18-24-14-6-4-5-7-17(14)28-18/h4-9,12,25H,3,10-11H2,1-2H3. The summed E-state index contributed by atoms with van der Waals surface area (Å²) in [6, 6.07) is 12.5. The minimum absolute atomic E-state index is 0.0572. The van der Waals surface area contributed by atoms with Gasteiger partial charge in [-0.05, 0) is 49.1 Å². The number of methoxy groups -OCH3 is 1. The number of ether oxygens (including phenoxy) is 2. The molecular formula is C20H20F3NO3S. The van der Waals surface area contributed by atoms with Gasteiger partial charge in [0.1, 0.15) is 0 Å². The first-order valence-corrected chi connectivity index (χ1v) is 9.57. The maximum absolute atomic E-state index is 13.0. The van der Waals surface area contributed by atoms with Crippen LogP contribution < -0.4 is 9.47 Å². The smallest absolute Gasteiger partial charge is 0.417 e. The highest BCUT2D eigenvalue weighted by Crippen LogP contribution is 2.39. The fraction of sp³-hybridized carbons (Fsp3) is 0.350. The lowest BCUT2D eigenvalue weighted by Gasteiger charge is -2.29. The Morgan fingerprint density at radius 2 is 1.86 bits per heavy atom. The second-order valence-corrected chi connectivity index (χ2v) is 7.41. The summed E-state index contributed by atoms with van der Waals surface area (Å²) in [5.41, 5.74) is -1.26. The Hall–Kier alpha value is -2.32. The monoisotopic (exact) mass is 411 g/mol. The van der Waals surface area contributed by atoms with Crippen LogP contribution in [0.3, 0.4) is 0 Å². The van der Waals surface area contributed by atoms with Crippen LogP contribution in [0.2, 0.25) is 0 Å². The van der Waals surface area contributed by atoms with E-state index in [0.717, 1.165) is 10.2 Å². The second-order valence-electron chi connectivity index (χ2n) is 6.42. The number of rotatable bonds is 7. The molecule has 28 heavy (non-hydrogen) atoms. The van der Waals surface area contributed by atoms with E-state index in [9.17, 15) is 18.3 Å². The van der Waals surface area contributed by atoms with Gasteiger partial charge in [0, 0.05) is 0 Å². The number of benzene rings is 2. The zero-order valence-electron chi connectivity index (χ0n) is 15.4. The number of aromatic nitrogens is 1. The molecule has 4 nitrogen and oxygen atoms in total. The summed E-state index contributed by atoms with van der Waals surface area (Å²) in [7, 11) is 1.46. The molecule has 0 spiro atoms. The van der Waals surface area contributed by atoms with Gasteiger partial charge in [-0.2, -0.15) is 13.2 Å². The number of aryl methyl sites for hydroxylation is 1. The molecule has 150 valence electrons. The number of fused-ring (bicyclic) bond motifs is 1. The lowest BCUT2D eigenvalue weighted by atomic mass is 9.91. The van der Waals surface area contributed by atoms with Crippen molar-refractivity contribution in [2.45, 2.75) is 38.0 Å². The molecule has 1 heterocycles. The average Bonchev–Trinajstić information content (AvgIpc) is 3.08. The van der Waals surface area contributed by atoms with E-state index >= 15 is 0 Å². The Balaban J connectivity index is 1.76. The van der Waals surface area contributed by atoms with Crippen LogP contribution in [-0.4, -0.2) is 29.0 Å². The Bertz CT molecular complexity index is 924. The van der Waals surface area contributed by atoms with Crippen LogP contribution in [0.25, 0.3) is 10.2 Å². The third-order valence-electron chi connectivity index (χ3n) is 4.64. The van der Waals surface area contributed by atoms with E-state index in [4.69, 9.17) is 9.47 Å². The molecule has 1 atom stereocenters. The van der Waals surface area contributed by atoms with Crippen molar-refractivity contribution in [2.75, 3.05) is 7.11 Å². The first-order chi connectivity index (χ1) is 13.3. The van der Waals surface area contributed by atoms with Gasteiger partial charge in [0.25, 0.3) is 5.19 Å². The zero-order valence-corrected chi connectivity index (χ0v) is 16.2. The quantitative estimate of drug-likeness (QED) is 0.539. The van der Waals surface area contributed by atoms with Gasteiger partial charge in [-0.15, -0.1) is 0 Å². The fourth-order valence-corrected chi connectivity index (χ4v) is 3.64. The number of halogens is 3. The summed E-state index contributed by atoms with van der Waals surface area (Å²) in [6.07, 6.45) is -5.43. The zero-order chi connectivity index (χ0) is 20.4. The van der Waals surface area contributed by atoms with Gasteiger partial charge in [-0.1, -0.05) is 36.5 Å². The summed E-state index contributed by atoms with van der Waals surface area (Å²) in [4.78, 5) is 4.40. The first-order valence-electron chi connectivity index (χ1n) is 8.75. The molecule has 1 aromatic heterocycles. The van der Waals surface area contributed by atoms with Crippen LogP contribution in [0.1, 0.15) is 25.3 Å². The largest absolute Gasteiger partial charge is 0.493 e. The van der Waals surface area contributed by atoms with Crippen molar-refractivity contribution in [1.29, 1.82) is 0 Å². The van der Waals surface area contributed by atoms with E-state index in [-0.39, 0.29) is 6.42 Å². The molecule has 0 aliphatic heterocycles. The number of thiazole rings is 1. The Kier molecular flexibility index (Phi) is 5.81. The van der Waals surface area contributed by atoms with Crippen molar-refractivity contribution in [2.24, 2.45) is 0 Å². The lowest BCUT2D eigenvalue weighted by molar-refractivity contribution is -0.263. The molecule has 8 heteroatoms. The van der Waals surface area contributed by atoms with Crippen molar-refractivity contribution in [3.05, 3.63) is 48.0 Å². The van der Waals surface area contributed by atoms with Crippen LogP contribution >= 0.6 is 11.3 Å². The molecule has 0 bridgehead atoms. The summed E-state index contributed by atoms with van der Waals surface area (Å²) in [5, 5.41) is 10.3. The van der Waals surface area contributed by atoms with E-state index in [0.29, 0.717) is 22.3 Å². The minimum atomic E-state index is -4.66. The summed E-state index contributed by atoms with van der Waals surface area (Å²) >= 11 is 1.39. The minimum Gasteiger partial charge on any atom is -0.493 e. The van der Waals surface area contributed by atoms with Crippen LogP contribution in [0.5, 0.6) is 16.7 Å². The van der Waals surface area contributed by atoms with Gasteiger partial charge in [-0.3, -0.25) is 0 Å². The highest BCUT2D eigenvalue weighted by molar-refractivity contribution is 7.20. The summed E-state index contributed by atoms with van der Waals surface area (Å²) < 4.78 is 51.3. The molecule has 0 saturated heterocycles. The molecule has 0 aliphatic carbocycles. The molecule has 0 fully saturated rings. The molecular weight excluding hydrogens is 391 g/mol. The third kappa shape index (κ3) is 4.23. The van der Waals surface area contributed by atoms with E-state index in [1.54, 1.807) is 18.2 Å². The van der Waals surface area contributed by atoms with E-state index < -0.39 is 24.6 Å². The predicted molar refractivity (Wildman–Crippen MR) is 102 cm³/mol. The van der Waals surface area contributed by atoms with E-state index in [2.05, 4.69) is 4.98 Å². The van der Waals surface area contributed by atoms with Crippen molar-refractivity contribution < 1.29 is 27.8 Å². The second kappa shape index (κ2) is 7.97. The summed E-state index contributed by atoms with van der Waals surface area (Å²) in [6.45, 7) is 1.32. The Morgan fingerprint density at radius 1 is 1.11 bits per heavy atom. The number of alkyl halides is 3. The maximum atomic E-state index is 13.0. The summed E-state index contributed by atoms with van der Waals surface area (Å²) in [5.74, 6) is 0.815. The average molecular weight is 411 g/mol. The highest BCUT2D eigenvalue weighted by atomic mass is 32.1. The predicted octanol–water partition coefficient (Wildman–Crippen LogP) is 5.73. The molecule has 0 amide bonds.